The predicted octanol–water partition coefficient (Wildman–Crippen LogP) is 1.49. The summed E-state index contributed by atoms with van der Waals surface area (Å²) in [7, 11) is 3.70. The number of hydrazone groups is 1. The molecular formula is C14H28N2O4. The van der Waals surface area contributed by atoms with Crippen LogP contribution in [0.15, 0.2) is 5.10 Å². The standard InChI is InChI=1S/C14H28N2O4/c1-10(2)17-8-12-13(9-18-11(3)4)20-14(19-12)7-15-16(5)6/h7,10-14H,8-9H2,1-6H3/b15-7+/t12-,13-/m0/s1. The molecule has 1 heterocycles. The zero-order valence-electron chi connectivity index (χ0n) is 13.4. The largest absolute Gasteiger partial charge is 0.376 e. The van der Waals surface area contributed by atoms with Gasteiger partial charge in [0.05, 0.1) is 31.6 Å². The Morgan fingerprint density at radius 2 is 1.45 bits per heavy atom. The van der Waals surface area contributed by atoms with Crippen LogP contribution in [0.1, 0.15) is 27.7 Å². The van der Waals surface area contributed by atoms with Crippen LogP contribution in [0, 0.1) is 0 Å². The molecule has 1 aliphatic rings. The monoisotopic (exact) mass is 288 g/mol. The number of hydrogen-bond acceptors (Lipinski definition) is 6. The van der Waals surface area contributed by atoms with Gasteiger partial charge in [-0.05, 0) is 27.7 Å². The summed E-state index contributed by atoms with van der Waals surface area (Å²) in [5.74, 6) is 0. The second-order valence-electron chi connectivity index (χ2n) is 5.59. The van der Waals surface area contributed by atoms with E-state index in [9.17, 15) is 0 Å². The van der Waals surface area contributed by atoms with Crippen molar-refractivity contribution in [3.8, 4) is 0 Å². The van der Waals surface area contributed by atoms with Crippen molar-refractivity contribution >= 4 is 6.21 Å². The maximum atomic E-state index is 5.80. The zero-order valence-corrected chi connectivity index (χ0v) is 13.4. The Morgan fingerprint density at radius 3 is 1.80 bits per heavy atom. The Morgan fingerprint density at radius 1 is 1.00 bits per heavy atom. The van der Waals surface area contributed by atoms with Crippen molar-refractivity contribution in [3.63, 3.8) is 0 Å². The van der Waals surface area contributed by atoms with E-state index in [1.165, 1.54) is 0 Å². The Labute approximate surface area is 122 Å². The minimum atomic E-state index is -0.445. The molecule has 0 aliphatic carbocycles. The Hall–Kier alpha value is -0.690. The molecule has 20 heavy (non-hydrogen) atoms. The van der Waals surface area contributed by atoms with Crippen molar-refractivity contribution < 1.29 is 18.9 Å². The summed E-state index contributed by atoms with van der Waals surface area (Å²) in [6.45, 7) is 8.99. The van der Waals surface area contributed by atoms with E-state index in [0.29, 0.717) is 13.2 Å². The van der Waals surface area contributed by atoms with Gasteiger partial charge in [0.25, 0.3) is 0 Å². The van der Waals surface area contributed by atoms with Crippen LogP contribution >= 0.6 is 0 Å². The minimum Gasteiger partial charge on any atom is -0.376 e. The average molecular weight is 288 g/mol. The number of ether oxygens (including phenoxy) is 4. The first-order valence-electron chi connectivity index (χ1n) is 7.14. The first-order valence-corrected chi connectivity index (χ1v) is 7.14. The molecule has 6 heteroatoms. The van der Waals surface area contributed by atoms with Crippen LogP contribution in [0.3, 0.4) is 0 Å². The quantitative estimate of drug-likeness (QED) is 0.500. The van der Waals surface area contributed by atoms with E-state index < -0.39 is 6.29 Å². The molecule has 1 aliphatic heterocycles. The molecule has 0 radical (unpaired) electrons. The fourth-order valence-electron chi connectivity index (χ4n) is 1.68. The summed E-state index contributed by atoms with van der Waals surface area (Å²) in [4.78, 5) is 0. The lowest BCUT2D eigenvalue weighted by molar-refractivity contribution is -0.0382. The van der Waals surface area contributed by atoms with Crippen molar-refractivity contribution in [2.24, 2.45) is 5.10 Å². The summed E-state index contributed by atoms with van der Waals surface area (Å²) in [5, 5.41) is 5.84. The van der Waals surface area contributed by atoms with Crippen LogP contribution in [-0.2, 0) is 18.9 Å². The fraction of sp³-hybridized carbons (Fsp3) is 0.929. The van der Waals surface area contributed by atoms with Crippen LogP contribution in [0.25, 0.3) is 0 Å². The second kappa shape index (κ2) is 8.56. The number of nitrogens with zero attached hydrogens (tertiary/aromatic N) is 2. The van der Waals surface area contributed by atoms with Crippen LogP contribution in [-0.4, -0.2) is 69.2 Å². The van der Waals surface area contributed by atoms with Gasteiger partial charge in [0.2, 0.25) is 0 Å². The first kappa shape index (κ1) is 17.4. The van der Waals surface area contributed by atoms with Gasteiger partial charge >= 0.3 is 0 Å². The summed E-state index contributed by atoms with van der Waals surface area (Å²) >= 11 is 0. The topological polar surface area (TPSA) is 52.5 Å². The molecule has 0 aromatic carbocycles. The van der Waals surface area contributed by atoms with E-state index in [1.54, 1.807) is 11.2 Å². The van der Waals surface area contributed by atoms with E-state index >= 15 is 0 Å². The van der Waals surface area contributed by atoms with Gasteiger partial charge in [-0.15, -0.1) is 0 Å². The molecule has 6 nitrogen and oxygen atoms in total. The fourth-order valence-corrected chi connectivity index (χ4v) is 1.68. The molecule has 118 valence electrons. The van der Waals surface area contributed by atoms with E-state index in [4.69, 9.17) is 18.9 Å². The van der Waals surface area contributed by atoms with Gasteiger partial charge in [0.15, 0.2) is 6.29 Å². The Kier molecular flexibility index (Phi) is 7.43. The van der Waals surface area contributed by atoms with Gasteiger partial charge in [-0.3, -0.25) is 0 Å². The second-order valence-corrected chi connectivity index (χ2v) is 5.59. The lowest BCUT2D eigenvalue weighted by Crippen LogP contribution is -2.33. The molecule has 0 N–H and O–H groups in total. The molecule has 0 bridgehead atoms. The molecule has 0 spiro atoms. The van der Waals surface area contributed by atoms with Crippen molar-refractivity contribution in [1.29, 1.82) is 0 Å². The van der Waals surface area contributed by atoms with Gasteiger partial charge in [-0.25, -0.2) is 0 Å². The highest BCUT2D eigenvalue weighted by Crippen LogP contribution is 2.20. The highest BCUT2D eigenvalue weighted by molar-refractivity contribution is 5.61. The van der Waals surface area contributed by atoms with Gasteiger partial charge < -0.3 is 24.0 Å². The molecule has 0 aromatic heterocycles. The lowest BCUT2D eigenvalue weighted by Gasteiger charge is -2.19. The molecular weight excluding hydrogens is 260 g/mol. The van der Waals surface area contributed by atoms with E-state index in [0.717, 1.165) is 0 Å². The molecule has 0 saturated carbocycles. The maximum absolute atomic E-state index is 5.80. The first-order chi connectivity index (χ1) is 9.38. The highest BCUT2D eigenvalue weighted by atomic mass is 16.7. The van der Waals surface area contributed by atoms with Crippen molar-refractivity contribution in [2.45, 2.75) is 58.4 Å². The van der Waals surface area contributed by atoms with Crippen LogP contribution < -0.4 is 0 Å². The minimum absolute atomic E-state index is 0.130. The van der Waals surface area contributed by atoms with Crippen molar-refractivity contribution in [2.75, 3.05) is 27.3 Å². The van der Waals surface area contributed by atoms with Gasteiger partial charge in [-0.2, -0.15) is 5.10 Å². The van der Waals surface area contributed by atoms with Gasteiger partial charge in [0, 0.05) is 14.1 Å². The highest BCUT2D eigenvalue weighted by Gasteiger charge is 2.36. The van der Waals surface area contributed by atoms with E-state index in [1.807, 2.05) is 41.8 Å². The zero-order chi connectivity index (χ0) is 15.1. The van der Waals surface area contributed by atoms with E-state index in [-0.39, 0.29) is 24.4 Å². The Bertz CT molecular complexity index is 275. The molecule has 0 unspecified atom stereocenters. The third-order valence-corrected chi connectivity index (χ3v) is 2.64. The van der Waals surface area contributed by atoms with Gasteiger partial charge in [-0.1, -0.05) is 0 Å². The summed E-state index contributed by atoms with van der Waals surface area (Å²) < 4.78 is 22.9. The smallest absolute Gasteiger partial charge is 0.196 e. The molecule has 0 aromatic rings. The molecule has 1 fully saturated rings. The maximum Gasteiger partial charge on any atom is 0.196 e. The normalized spacial score (nSPS) is 24.4. The predicted molar refractivity (Wildman–Crippen MR) is 77.9 cm³/mol. The van der Waals surface area contributed by atoms with Crippen molar-refractivity contribution in [3.05, 3.63) is 0 Å². The van der Waals surface area contributed by atoms with Gasteiger partial charge in [0.1, 0.15) is 12.2 Å². The number of rotatable bonds is 8. The van der Waals surface area contributed by atoms with Crippen LogP contribution in [0.4, 0.5) is 0 Å². The Balaban J connectivity index is 2.52. The SMILES string of the molecule is CC(C)OC[C@@H]1OC(/C=N/N(C)C)O[C@H]1COC(C)C. The molecule has 2 atom stereocenters. The van der Waals surface area contributed by atoms with E-state index in [2.05, 4.69) is 5.10 Å². The summed E-state index contributed by atoms with van der Waals surface area (Å²) in [5.41, 5.74) is 0. The van der Waals surface area contributed by atoms with Crippen LogP contribution in [0.5, 0.6) is 0 Å². The third-order valence-electron chi connectivity index (χ3n) is 2.64. The average Bonchev–Trinajstić information content (AvgIpc) is 2.73. The van der Waals surface area contributed by atoms with Crippen LogP contribution in [0.2, 0.25) is 0 Å². The number of hydrogen-bond donors (Lipinski definition) is 0. The summed E-state index contributed by atoms with van der Waals surface area (Å²) in [6, 6.07) is 0. The third kappa shape index (κ3) is 6.65. The molecule has 0 amide bonds. The summed E-state index contributed by atoms with van der Waals surface area (Å²) in [6.07, 6.45) is 1.28. The molecule has 1 rings (SSSR count). The van der Waals surface area contributed by atoms with Crippen molar-refractivity contribution in [1.82, 2.24) is 5.01 Å². The lowest BCUT2D eigenvalue weighted by atomic mass is 10.2. The molecule has 1 saturated heterocycles.